The van der Waals surface area contributed by atoms with E-state index in [1.807, 2.05) is 36.4 Å². The van der Waals surface area contributed by atoms with Crippen LogP contribution in [0.25, 0.3) is 0 Å². The summed E-state index contributed by atoms with van der Waals surface area (Å²) in [5, 5.41) is 13.2. The Morgan fingerprint density at radius 1 is 1.15 bits per heavy atom. The van der Waals surface area contributed by atoms with Crippen LogP contribution >= 0.6 is 0 Å². The zero-order valence-corrected chi connectivity index (χ0v) is 16.2. The van der Waals surface area contributed by atoms with Gasteiger partial charge in [-0.25, -0.2) is 18.4 Å². The highest BCUT2D eigenvalue weighted by atomic mass is 32.2. The molecule has 0 saturated carbocycles. The van der Waals surface area contributed by atoms with Crippen molar-refractivity contribution >= 4 is 27.3 Å². The fourth-order valence-electron chi connectivity index (χ4n) is 2.43. The lowest BCUT2D eigenvalue weighted by molar-refractivity contribution is 0.598. The van der Waals surface area contributed by atoms with Gasteiger partial charge in [0.1, 0.15) is 0 Å². The van der Waals surface area contributed by atoms with Crippen molar-refractivity contribution in [3.05, 3.63) is 53.9 Å². The summed E-state index contributed by atoms with van der Waals surface area (Å²) in [6.07, 6.45) is 2.49. The second-order valence-electron chi connectivity index (χ2n) is 6.51. The van der Waals surface area contributed by atoms with Crippen molar-refractivity contribution in [3.63, 3.8) is 0 Å². The van der Waals surface area contributed by atoms with Crippen molar-refractivity contribution in [1.82, 2.24) is 20.2 Å². The lowest BCUT2D eigenvalue weighted by atomic mass is 10.1. The summed E-state index contributed by atoms with van der Waals surface area (Å²) in [7, 11) is -3.52. The third-order valence-electron chi connectivity index (χ3n) is 3.87. The van der Waals surface area contributed by atoms with E-state index >= 15 is 0 Å². The maximum Gasteiger partial charge on any atom is 0.197 e. The fourth-order valence-corrected chi connectivity index (χ4v) is 3.15. The number of hydrogen-bond acceptors (Lipinski definition) is 7. The molecule has 9 heteroatoms. The molecule has 0 spiro atoms. The molecule has 8 nitrogen and oxygen atoms in total. The number of benzene rings is 1. The van der Waals surface area contributed by atoms with Crippen LogP contribution in [-0.2, 0) is 16.4 Å². The van der Waals surface area contributed by atoms with Crippen LogP contribution in [0.15, 0.2) is 47.6 Å². The highest BCUT2D eigenvalue weighted by Crippen LogP contribution is 2.22. The number of nitrogens with one attached hydrogen (secondary N) is 3. The summed E-state index contributed by atoms with van der Waals surface area (Å²) in [6.45, 7) is 4.55. The van der Waals surface area contributed by atoms with Crippen LogP contribution in [0.2, 0.25) is 0 Å². The molecule has 3 rings (SSSR count). The first-order chi connectivity index (χ1) is 12.8. The van der Waals surface area contributed by atoms with Crippen molar-refractivity contribution in [2.24, 2.45) is 0 Å². The van der Waals surface area contributed by atoms with Crippen LogP contribution in [0.3, 0.4) is 0 Å². The number of H-pyrrole nitrogens is 1. The Kier molecular flexibility index (Phi) is 5.41. The molecular formula is C18H22N6O2S. The minimum Gasteiger partial charge on any atom is -0.364 e. The van der Waals surface area contributed by atoms with Gasteiger partial charge in [-0.2, -0.15) is 5.10 Å². The smallest absolute Gasteiger partial charge is 0.197 e. The Balaban J connectivity index is 1.85. The first kappa shape index (κ1) is 18.8. The minimum absolute atomic E-state index is 0.0890. The predicted molar refractivity (Wildman–Crippen MR) is 105 cm³/mol. The van der Waals surface area contributed by atoms with E-state index in [-0.39, 0.29) is 10.8 Å². The number of aromatic nitrogens is 4. The second-order valence-corrected chi connectivity index (χ2v) is 8.44. The molecule has 3 aromatic rings. The summed E-state index contributed by atoms with van der Waals surface area (Å²) >= 11 is 0. The van der Waals surface area contributed by atoms with Crippen LogP contribution in [0.5, 0.6) is 0 Å². The molecule has 3 N–H and O–H groups in total. The second kappa shape index (κ2) is 7.75. The molecule has 0 radical (unpaired) electrons. The number of aromatic amines is 1. The summed E-state index contributed by atoms with van der Waals surface area (Å²) in [5.41, 5.74) is 1.99. The van der Waals surface area contributed by atoms with Gasteiger partial charge in [0.05, 0.1) is 6.20 Å². The number of anilines is 3. The molecular weight excluding hydrogens is 364 g/mol. The zero-order valence-electron chi connectivity index (χ0n) is 15.4. The number of nitrogens with zero attached hydrogens (tertiary/aromatic N) is 3. The maximum atomic E-state index is 12.0. The van der Waals surface area contributed by atoms with Crippen molar-refractivity contribution in [3.8, 4) is 0 Å². The Labute approximate surface area is 158 Å². The topological polar surface area (TPSA) is 113 Å². The van der Waals surface area contributed by atoms with Gasteiger partial charge in [0.2, 0.25) is 0 Å². The third kappa shape index (κ3) is 4.82. The van der Waals surface area contributed by atoms with Crippen LogP contribution in [0.1, 0.15) is 31.0 Å². The molecule has 0 aliphatic carbocycles. The van der Waals surface area contributed by atoms with Crippen molar-refractivity contribution in [2.75, 3.05) is 16.9 Å². The number of sulfone groups is 1. The lowest BCUT2D eigenvalue weighted by Crippen LogP contribution is -2.11. The maximum absolute atomic E-state index is 12.0. The summed E-state index contributed by atoms with van der Waals surface area (Å²) in [4.78, 5) is 8.47. The average Bonchev–Trinajstić information content (AvgIpc) is 3.09. The van der Waals surface area contributed by atoms with Crippen molar-refractivity contribution in [1.29, 1.82) is 0 Å². The van der Waals surface area contributed by atoms with Crippen LogP contribution in [0.4, 0.5) is 17.5 Å². The highest BCUT2D eigenvalue weighted by Gasteiger charge is 2.18. The summed E-state index contributed by atoms with van der Waals surface area (Å²) in [6, 6.07) is 11.5. The van der Waals surface area contributed by atoms with E-state index in [0.29, 0.717) is 24.1 Å². The van der Waals surface area contributed by atoms with Gasteiger partial charge in [0.25, 0.3) is 0 Å². The predicted octanol–water partition coefficient (Wildman–Crippen LogP) is 3.08. The van der Waals surface area contributed by atoms with E-state index in [0.717, 1.165) is 17.5 Å². The lowest BCUT2D eigenvalue weighted by Gasteiger charge is -2.11. The Bertz CT molecular complexity index is 1020. The Morgan fingerprint density at radius 2 is 1.89 bits per heavy atom. The van der Waals surface area contributed by atoms with E-state index < -0.39 is 9.84 Å². The summed E-state index contributed by atoms with van der Waals surface area (Å²) < 4.78 is 24.1. The Morgan fingerprint density at radius 3 is 2.52 bits per heavy atom. The van der Waals surface area contributed by atoms with Gasteiger partial charge in [-0.05, 0) is 11.5 Å². The van der Waals surface area contributed by atoms with E-state index in [9.17, 15) is 8.42 Å². The van der Waals surface area contributed by atoms with Crippen molar-refractivity contribution in [2.45, 2.75) is 31.3 Å². The largest absolute Gasteiger partial charge is 0.364 e. The molecule has 0 saturated heterocycles. The molecule has 0 atom stereocenters. The molecule has 2 aromatic heterocycles. The SMILES string of the molecule is CC(C)c1cc(Nc2cnc(S(C)(=O)=O)c(NCc3ccccc3)n2)n[nH]1. The van der Waals surface area contributed by atoms with Crippen LogP contribution < -0.4 is 10.6 Å². The first-order valence-corrected chi connectivity index (χ1v) is 10.4. The molecule has 0 bridgehead atoms. The van der Waals surface area contributed by atoms with Gasteiger partial charge in [0, 0.05) is 24.6 Å². The molecule has 2 heterocycles. The van der Waals surface area contributed by atoms with Gasteiger partial charge in [0.15, 0.2) is 32.3 Å². The molecule has 1 aromatic carbocycles. The quantitative estimate of drug-likeness (QED) is 0.572. The molecule has 0 fully saturated rings. The molecule has 142 valence electrons. The van der Waals surface area contributed by atoms with E-state index in [4.69, 9.17) is 0 Å². The third-order valence-corrected chi connectivity index (χ3v) is 4.87. The van der Waals surface area contributed by atoms with Gasteiger partial charge in [-0.3, -0.25) is 5.10 Å². The molecule has 0 amide bonds. The van der Waals surface area contributed by atoms with Crippen LogP contribution in [0, 0.1) is 0 Å². The van der Waals surface area contributed by atoms with E-state index in [2.05, 4.69) is 44.6 Å². The standard InChI is InChI=1S/C18H22N6O2S/c1-12(2)14-9-15(24-23-14)21-16-11-20-18(27(3,25)26)17(22-16)19-10-13-7-5-4-6-8-13/h4-9,11-12H,10H2,1-3H3,(H3,19,21,22,23,24). The minimum atomic E-state index is -3.52. The highest BCUT2D eigenvalue weighted by molar-refractivity contribution is 7.90. The number of hydrogen-bond donors (Lipinski definition) is 3. The van der Waals surface area contributed by atoms with Gasteiger partial charge in [-0.15, -0.1) is 0 Å². The van der Waals surface area contributed by atoms with E-state index in [1.165, 1.54) is 6.20 Å². The Hall–Kier alpha value is -2.94. The molecule has 0 unspecified atom stereocenters. The van der Waals surface area contributed by atoms with Crippen LogP contribution in [-0.4, -0.2) is 34.8 Å². The molecule has 0 aliphatic heterocycles. The fraction of sp³-hybridized carbons (Fsp3) is 0.278. The normalized spacial score (nSPS) is 11.6. The zero-order chi connectivity index (χ0) is 19.4. The van der Waals surface area contributed by atoms with Gasteiger partial charge < -0.3 is 10.6 Å². The molecule has 27 heavy (non-hydrogen) atoms. The monoisotopic (exact) mass is 386 g/mol. The number of rotatable bonds is 7. The van der Waals surface area contributed by atoms with Crippen molar-refractivity contribution < 1.29 is 8.42 Å². The summed E-state index contributed by atoms with van der Waals surface area (Å²) in [5.74, 6) is 1.51. The average molecular weight is 386 g/mol. The van der Waals surface area contributed by atoms with Gasteiger partial charge in [-0.1, -0.05) is 44.2 Å². The molecule has 0 aliphatic rings. The first-order valence-electron chi connectivity index (χ1n) is 8.50. The van der Waals surface area contributed by atoms with E-state index in [1.54, 1.807) is 0 Å². The van der Waals surface area contributed by atoms with Gasteiger partial charge >= 0.3 is 0 Å².